The lowest BCUT2D eigenvalue weighted by Crippen LogP contribution is -2.43. The van der Waals surface area contributed by atoms with E-state index < -0.39 is 0 Å². The average Bonchev–Trinajstić information content (AvgIpc) is 3.32. The molecule has 2 aliphatic heterocycles. The summed E-state index contributed by atoms with van der Waals surface area (Å²) in [4.78, 5) is 18.4. The molecule has 1 atom stereocenters. The third kappa shape index (κ3) is 3.54. The van der Waals surface area contributed by atoms with E-state index in [0.29, 0.717) is 12.2 Å². The number of piperidine rings is 1. The molecule has 0 aliphatic carbocycles. The van der Waals surface area contributed by atoms with Crippen molar-refractivity contribution in [3.63, 3.8) is 0 Å². The fourth-order valence-electron chi connectivity index (χ4n) is 3.73. The van der Waals surface area contributed by atoms with Gasteiger partial charge in [-0.15, -0.1) is 0 Å². The van der Waals surface area contributed by atoms with Crippen molar-refractivity contribution in [2.45, 2.75) is 25.4 Å². The van der Waals surface area contributed by atoms with E-state index in [4.69, 9.17) is 13.9 Å². The third-order valence-electron chi connectivity index (χ3n) is 5.24. The van der Waals surface area contributed by atoms with Gasteiger partial charge in [-0.25, -0.2) is 0 Å². The highest BCUT2D eigenvalue weighted by molar-refractivity contribution is 5.93. The molecule has 2 aromatic heterocycles. The van der Waals surface area contributed by atoms with E-state index in [1.165, 1.54) is 12.5 Å². The topological polar surface area (TPSA) is 64.8 Å². The van der Waals surface area contributed by atoms with Crippen molar-refractivity contribution >= 4 is 5.91 Å². The summed E-state index contributed by atoms with van der Waals surface area (Å²) in [7, 11) is 0. The van der Waals surface area contributed by atoms with Gasteiger partial charge in [-0.2, -0.15) is 0 Å². The zero-order chi connectivity index (χ0) is 17.1. The highest BCUT2D eigenvalue weighted by Gasteiger charge is 2.43. The fraction of sp³-hybridized carbons (Fsp3) is 0.474. The molecule has 0 N–H and O–H groups in total. The highest BCUT2D eigenvalue weighted by atomic mass is 16.5. The van der Waals surface area contributed by atoms with Crippen LogP contribution in [0, 0.1) is 5.41 Å². The standard InChI is InChI=1S/C19H22N2O4/c22-18(15-3-9-23-12-15)21-7-4-19(5-8-21)10-17(25-14-19)13-24-16-2-1-6-20-11-16/h1-3,6,9,11-12,17H,4-5,7-8,10,13-14H2. The van der Waals surface area contributed by atoms with Crippen LogP contribution in [0.5, 0.6) is 5.75 Å². The van der Waals surface area contributed by atoms with Crippen molar-refractivity contribution in [3.05, 3.63) is 48.7 Å². The highest BCUT2D eigenvalue weighted by Crippen LogP contribution is 2.42. The average molecular weight is 342 g/mol. The molecule has 132 valence electrons. The van der Waals surface area contributed by atoms with E-state index in [-0.39, 0.29) is 17.4 Å². The second-order valence-electron chi connectivity index (χ2n) is 6.94. The van der Waals surface area contributed by atoms with Gasteiger partial charge in [0.05, 0.1) is 30.7 Å². The molecule has 6 nitrogen and oxygen atoms in total. The molecule has 4 rings (SSSR count). The predicted molar refractivity (Wildman–Crippen MR) is 90.4 cm³/mol. The molecule has 1 amide bonds. The third-order valence-corrected chi connectivity index (χ3v) is 5.24. The van der Waals surface area contributed by atoms with Gasteiger partial charge in [0.1, 0.15) is 18.6 Å². The Morgan fingerprint density at radius 1 is 1.36 bits per heavy atom. The van der Waals surface area contributed by atoms with Gasteiger partial charge >= 0.3 is 0 Å². The zero-order valence-electron chi connectivity index (χ0n) is 14.1. The molecular formula is C19H22N2O4. The normalized spacial score (nSPS) is 22.2. The number of aromatic nitrogens is 1. The van der Waals surface area contributed by atoms with Crippen LogP contribution in [0.4, 0.5) is 0 Å². The van der Waals surface area contributed by atoms with Crippen LogP contribution in [0.3, 0.4) is 0 Å². The number of amides is 1. The largest absolute Gasteiger partial charge is 0.489 e. The molecule has 2 saturated heterocycles. The van der Waals surface area contributed by atoms with Crippen LogP contribution in [0.25, 0.3) is 0 Å². The van der Waals surface area contributed by atoms with Crippen molar-refractivity contribution in [3.8, 4) is 5.75 Å². The molecule has 4 heterocycles. The van der Waals surface area contributed by atoms with Gasteiger partial charge in [-0.3, -0.25) is 9.78 Å². The van der Waals surface area contributed by atoms with Gasteiger partial charge in [0.25, 0.3) is 5.91 Å². The molecule has 0 aromatic carbocycles. The van der Waals surface area contributed by atoms with Crippen molar-refractivity contribution in [2.24, 2.45) is 5.41 Å². The second kappa shape index (κ2) is 6.88. The van der Waals surface area contributed by atoms with Crippen LogP contribution in [0.2, 0.25) is 0 Å². The van der Waals surface area contributed by atoms with Gasteiger partial charge in [0.2, 0.25) is 0 Å². The van der Waals surface area contributed by atoms with E-state index in [9.17, 15) is 4.79 Å². The molecule has 0 bridgehead atoms. The minimum absolute atomic E-state index is 0.0546. The first kappa shape index (κ1) is 16.1. The van der Waals surface area contributed by atoms with Crippen LogP contribution in [0.15, 0.2) is 47.5 Å². The molecule has 0 saturated carbocycles. The summed E-state index contributed by atoms with van der Waals surface area (Å²) < 4.78 is 16.8. The van der Waals surface area contributed by atoms with Crippen LogP contribution in [0.1, 0.15) is 29.6 Å². The van der Waals surface area contributed by atoms with Crippen molar-refractivity contribution < 1.29 is 18.7 Å². The van der Waals surface area contributed by atoms with Crippen LogP contribution >= 0.6 is 0 Å². The second-order valence-corrected chi connectivity index (χ2v) is 6.94. The monoisotopic (exact) mass is 342 g/mol. The summed E-state index contributed by atoms with van der Waals surface area (Å²) in [5.41, 5.74) is 0.803. The number of pyridine rings is 1. The first-order valence-electron chi connectivity index (χ1n) is 8.70. The number of hydrogen-bond acceptors (Lipinski definition) is 5. The Balaban J connectivity index is 1.28. The number of nitrogens with zero attached hydrogens (tertiary/aromatic N) is 2. The molecule has 6 heteroatoms. The van der Waals surface area contributed by atoms with Gasteiger partial charge < -0.3 is 18.8 Å². The van der Waals surface area contributed by atoms with E-state index in [0.717, 1.165) is 44.7 Å². The number of carbonyl (C=O) groups is 1. The van der Waals surface area contributed by atoms with E-state index >= 15 is 0 Å². The SMILES string of the molecule is O=C(c1ccoc1)N1CCC2(CC1)COC(COc1cccnc1)C2. The van der Waals surface area contributed by atoms with Crippen LogP contribution in [-0.2, 0) is 4.74 Å². The maximum absolute atomic E-state index is 12.4. The van der Waals surface area contributed by atoms with E-state index in [1.54, 1.807) is 18.5 Å². The Hall–Kier alpha value is -2.34. The molecule has 2 aromatic rings. The maximum atomic E-state index is 12.4. The van der Waals surface area contributed by atoms with Gasteiger partial charge in [-0.05, 0) is 42.9 Å². The lowest BCUT2D eigenvalue weighted by Gasteiger charge is -2.38. The minimum Gasteiger partial charge on any atom is -0.489 e. The number of hydrogen-bond donors (Lipinski definition) is 0. The van der Waals surface area contributed by atoms with E-state index in [2.05, 4.69) is 4.98 Å². The van der Waals surface area contributed by atoms with Crippen LogP contribution < -0.4 is 4.74 Å². The summed E-state index contributed by atoms with van der Waals surface area (Å²) in [6.07, 6.45) is 9.53. The fourth-order valence-corrected chi connectivity index (χ4v) is 3.73. The minimum atomic E-state index is 0.0546. The quantitative estimate of drug-likeness (QED) is 0.855. The molecule has 25 heavy (non-hydrogen) atoms. The van der Waals surface area contributed by atoms with Gasteiger partial charge in [0, 0.05) is 19.3 Å². The number of likely N-dealkylation sites (tertiary alicyclic amines) is 1. The maximum Gasteiger partial charge on any atom is 0.257 e. The number of ether oxygens (including phenoxy) is 2. The molecule has 2 fully saturated rings. The lowest BCUT2D eigenvalue weighted by atomic mass is 9.76. The Morgan fingerprint density at radius 2 is 2.24 bits per heavy atom. The summed E-state index contributed by atoms with van der Waals surface area (Å²) in [5, 5.41) is 0. The molecule has 0 radical (unpaired) electrons. The smallest absolute Gasteiger partial charge is 0.257 e. The molecular weight excluding hydrogens is 320 g/mol. The van der Waals surface area contributed by atoms with Crippen molar-refractivity contribution in [2.75, 3.05) is 26.3 Å². The Morgan fingerprint density at radius 3 is 2.96 bits per heavy atom. The Labute approximate surface area is 146 Å². The molecule has 1 spiro atoms. The Bertz CT molecular complexity index is 693. The van der Waals surface area contributed by atoms with Gasteiger partial charge in [-0.1, -0.05) is 0 Å². The number of carbonyl (C=O) groups excluding carboxylic acids is 1. The lowest BCUT2D eigenvalue weighted by molar-refractivity contribution is 0.0427. The summed E-state index contributed by atoms with van der Waals surface area (Å²) in [5.74, 6) is 0.826. The number of rotatable bonds is 4. The Kier molecular flexibility index (Phi) is 4.44. The van der Waals surface area contributed by atoms with Crippen molar-refractivity contribution in [1.82, 2.24) is 9.88 Å². The summed E-state index contributed by atoms with van der Waals surface area (Å²) in [6.45, 7) is 2.83. The molecule has 2 aliphatic rings. The van der Waals surface area contributed by atoms with Crippen LogP contribution in [-0.4, -0.2) is 48.2 Å². The van der Waals surface area contributed by atoms with Crippen molar-refractivity contribution in [1.29, 1.82) is 0 Å². The first-order chi connectivity index (χ1) is 12.2. The van der Waals surface area contributed by atoms with Gasteiger partial charge in [0.15, 0.2) is 0 Å². The number of furan rings is 1. The zero-order valence-corrected chi connectivity index (χ0v) is 14.1. The summed E-state index contributed by atoms with van der Waals surface area (Å²) >= 11 is 0. The molecule has 1 unspecified atom stereocenters. The predicted octanol–water partition coefficient (Wildman–Crippen LogP) is 2.76. The summed E-state index contributed by atoms with van der Waals surface area (Å²) in [6, 6.07) is 5.48. The van der Waals surface area contributed by atoms with E-state index in [1.807, 2.05) is 17.0 Å². The first-order valence-corrected chi connectivity index (χ1v) is 8.70.